The molecule has 0 aromatic heterocycles. The maximum Gasteiger partial charge on any atom is 0.227 e. The van der Waals surface area contributed by atoms with Crippen molar-refractivity contribution < 1.29 is 19.0 Å². The fraction of sp³-hybridized carbons (Fsp3) is 0.381. The van der Waals surface area contributed by atoms with E-state index in [0.717, 1.165) is 22.9 Å². The summed E-state index contributed by atoms with van der Waals surface area (Å²) in [4.78, 5) is 14.6. The molecule has 0 radical (unpaired) electrons. The van der Waals surface area contributed by atoms with Gasteiger partial charge < -0.3 is 19.1 Å². The average Bonchev–Trinajstić information content (AvgIpc) is 2.64. The number of nitrogens with zero attached hydrogens (tertiary/aromatic N) is 1. The van der Waals surface area contributed by atoms with Crippen molar-refractivity contribution in [2.24, 2.45) is 0 Å². The van der Waals surface area contributed by atoms with Crippen LogP contribution in [0.2, 0.25) is 0 Å². The third kappa shape index (κ3) is 4.28. The lowest BCUT2D eigenvalue weighted by atomic mass is 10.0. The maximum absolute atomic E-state index is 12.7. The summed E-state index contributed by atoms with van der Waals surface area (Å²) in [5.74, 6) is 2.41. The normalized spacial score (nSPS) is 15.0. The van der Waals surface area contributed by atoms with Crippen molar-refractivity contribution in [3.8, 4) is 17.2 Å². The smallest absolute Gasteiger partial charge is 0.227 e. The lowest BCUT2D eigenvalue weighted by Crippen LogP contribution is -2.49. The number of rotatable bonds is 6. The molecule has 5 heteroatoms. The Morgan fingerprint density at radius 1 is 1.12 bits per heavy atom. The van der Waals surface area contributed by atoms with Crippen molar-refractivity contribution in [2.45, 2.75) is 32.3 Å². The second-order valence-electron chi connectivity index (χ2n) is 6.94. The van der Waals surface area contributed by atoms with Gasteiger partial charge in [-0.15, -0.1) is 0 Å². The molecule has 1 aliphatic heterocycles. The lowest BCUT2D eigenvalue weighted by molar-refractivity contribution is -0.119. The van der Waals surface area contributed by atoms with E-state index in [0.29, 0.717) is 26.0 Å². The number of ether oxygens (including phenoxy) is 3. The zero-order chi connectivity index (χ0) is 18.6. The van der Waals surface area contributed by atoms with Crippen LogP contribution in [0.25, 0.3) is 0 Å². The Balaban J connectivity index is 1.54. The molecule has 3 rings (SSSR count). The molecule has 0 bridgehead atoms. The first kappa shape index (κ1) is 18.1. The summed E-state index contributed by atoms with van der Waals surface area (Å²) in [6.07, 6.45) is 1.09. The summed E-state index contributed by atoms with van der Waals surface area (Å²) in [6, 6.07) is 15.1. The van der Waals surface area contributed by atoms with Gasteiger partial charge in [0.05, 0.1) is 25.9 Å². The Bertz CT molecular complexity index is 755. The number of para-hydroxylation sites is 2. The number of hydrogen-bond donors (Lipinski definition) is 0. The van der Waals surface area contributed by atoms with Crippen molar-refractivity contribution in [2.75, 3.05) is 25.2 Å². The summed E-state index contributed by atoms with van der Waals surface area (Å²) in [6.45, 7) is 5.03. The zero-order valence-electron chi connectivity index (χ0n) is 15.5. The molecule has 0 unspecified atom stereocenters. The third-order valence-electron chi connectivity index (χ3n) is 4.25. The van der Waals surface area contributed by atoms with Gasteiger partial charge >= 0.3 is 0 Å². The molecule has 0 N–H and O–H groups in total. The predicted molar refractivity (Wildman–Crippen MR) is 101 cm³/mol. The highest BCUT2D eigenvalue weighted by atomic mass is 16.5. The van der Waals surface area contributed by atoms with Crippen LogP contribution in [0.4, 0.5) is 5.69 Å². The molecule has 138 valence electrons. The van der Waals surface area contributed by atoms with Crippen molar-refractivity contribution in [3.63, 3.8) is 0 Å². The molecular formula is C21H25NO4. The number of fused-ring (bicyclic) bond motifs is 1. The molecule has 1 aliphatic rings. The van der Waals surface area contributed by atoms with E-state index >= 15 is 0 Å². The van der Waals surface area contributed by atoms with E-state index < -0.39 is 5.60 Å². The Hall–Kier alpha value is -2.69. The van der Waals surface area contributed by atoms with Gasteiger partial charge in [-0.05, 0) is 56.7 Å². The van der Waals surface area contributed by atoms with Crippen molar-refractivity contribution in [1.29, 1.82) is 0 Å². The van der Waals surface area contributed by atoms with Crippen LogP contribution in [0.5, 0.6) is 17.2 Å². The standard InChI is InChI=1S/C21H25NO4/c1-21(2)15-22(18-7-4-5-8-19(18)26-21)20(23)9-6-14-25-17-12-10-16(24-3)11-13-17/h4-5,7-8,10-13H,6,9,14-15H2,1-3H3. The Kier molecular flexibility index (Phi) is 5.35. The van der Waals surface area contributed by atoms with Crippen LogP contribution in [-0.4, -0.2) is 31.8 Å². The summed E-state index contributed by atoms with van der Waals surface area (Å²) in [5, 5.41) is 0. The van der Waals surface area contributed by atoms with Crippen LogP contribution in [0.1, 0.15) is 26.7 Å². The maximum atomic E-state index is 12.7. The summed E-state index contributed by atoms with van der Waals surface area (Å²) in [5.41, 5.74) is 0.441. The van der Waals surface area contributed by atoms with E-state index in [2.05, 4.69) is 0 Å². The van der Waals surface area contributed by atoms with Crippen molar-refractivity contribution in [3.05, 3.63) is 48.5 Å². The third-order valence-corrected chi connectivity index (χ3v) is 4.25. The minimum atomic E-state index is -0.399. The van der Waals surface area contributed by atoms with E-state index in [4.69, 9.17) is 14.2 Å². The van der Waals surface area contributed by atoms with Crippen LogP contribution >= 0.6 is 0 Å². The number of carbonyl (C=O) groups is 1. The molecule has 0 spiro atoms. The Morgan fingerprint density at radius 3 is 2.54 bits per heavy atom. The molecule has 0 saturated heterocycles. The molecule has 2 aromatic carbocycles. The van der Waals surface area contributed by atoms with Crippen LogP contribution in [0, 0.1) is 0 Å². The largest absolute Gasteiger partial charge is 0.497 e. The van der Waals surface area contributed by atoms with Gasteiger partial charge in [0.25, 0.3) is 0 Å². The molecule has 0 atom stereocenters. The van der Waals surface area contributed by atoms with Gasteiger partial charge in [0.1, 0.15) is 22.8 Å². The first-order chi connectivity index (χ1) is 12.5. The number of amides is 1. The highest BCUT2D eigenvalue weighted by Gasteiger charge is 2.34. The van der Waals surface area contributed by atoms with Gasteiger partial charge in [0.2, 0.25) is 5.91 Å². The number of methoxy groups -OCH3 is 1. The van der Waals surface area contributed by atoms with Gasteiger partial charge in [-0.25, -0.2) is 0 Å². The molecule has 26 heavy (non-hydrogen) atoms. The molecule has 2 aromatic rings. The molecular weight excluding hydrogens is 330 g/mol. The van der Waals surface area contributed by atoms with Gasteiger partial charge in [-0.1, -0.05) is 12.1 Å². The number of anilines is 1. The Labute approximate surface area is 154 Å². The molecule has 1 heterocycles. The van der Waals surface area contributed by atoms with E-state index in [9.17, 15) is 4.79 Å². The van der Waals surface area contributed by atoms with Crippen LogP contribution in [-0.2, 0) is 4.79 Å². The van der Waals surface area contributed by atoms with Gasteiger partial charge in [-0.2, -0.15) is 0 Å². The van der Waals surface area contributed by atoms with Crippen molar-refractivity contribution in [1.82, 2.24) is 0 Å². The average molecular weight is 355 g/mol. The van der Waals surface area contributed by atoms with E-state index in [1.165, 1.54) is 0 Å². The molecule has 0 saturated carbocycles. The van der Waals surface area contributed by atoms with Crippen LogP contribution < -0.4 is 19.1 Å². The highest BCUT2D eigenvalue weighted by molar-refractivity contribution is 5.95. The van der Waals surface area contributed by atoms with E-state index in [1.54, 1.807) is 7.11 Å². The quantitative estimate of drug-likeness (QED) is 0.733. The van der Waals surface area contributed by atoms with E-state index in [-0.39, 0.29) is 5.91 Å². The second kappa shape index (κ2) is 7.68. The van der Waals surface area contributed by atoms with E-state index in [1.807, 2.05) is 67.3 Å². The number of benzene rings is 2. The first-order valence-electron chi connectivity index (χ1n) is 8.84. The SMILES string of the molecule is COc1ccc(OCCCC(=O)N2CC(C)(C)Oc3ccccc32)cc1. The van der Waals surface area contributed by atoms with Crippen molar-refractivity contribution >= 4 is 11.6 Å². The van der Waals surface area contributed by atoms with Gasteiger partial charge in [-0.3, -0.25) is 4.79 Å². The number of hydrogen-bond acceptors (Lipinski definition) is 4. The molecule has 5 nitrogen and oxygen atoms in total. The fourth-order valence-electron chi connectivity index (χ4n) is 3.01. The first-order valence-corrected chi connectivity index (χ1v) is 8.84. The lowest BCUT2D eigenvalue weighted by Gasteiger charge is -2.39. The minimum absolute atomic E-state index is 0.0900. The molecule has 0 fully saturated rings. The number of carbonyl (C=O) groups excluding carboxylic acids is 1. The van der Waals surface area contributed by atoms with Gasteiger partial charge in [0.15, 0.2) is 0 Å². The molecule has 0 aliphatic carbocycles. The highest BCUT2D eigenvalue weighted by Crippen LogP contribution is 2.37. The summed E-state index contributed by atoms with van der Waals surface area (Å²) >= 11 is 0. The van der Waals surface area contributed by atoms with Crippen LogP contribution in [0.3, 0.4) is 0 Å². The summed E-state index contributed by atoms with van der Waals surface area (Å²) in [7, 11) is 1.63. The summed E-state index contributed by atoms with van der Waals surface area (Å²) < 4.78 is 16.8. The monoisotopic (exact) mass is 355 g/mol. The molecule has 1 amide bonds. The second-order valence-corrected chi connectivity index (χ2v) is 6.94. The zero-order valence-corrected chi connectivity index (χ0v) is 15.5. The Morgan fingerprint density at radius 2 is 1.81 bits per heavy atom. The predicted octanol–water partition coefficient (Wildman–Crippen LogP) is 4.06. The topological polar surface area (TPSA) is 48.0 Å². The minimum Gasteiger partial charge on any atom is -0.497 e. The van der Waals surface area contributed by atoms with Crippen LogP contribution in [0.15, 0.2) is 48.5 Å². The van der Waals surface area contributed by atoms with Gasteiger partial charge in [0, 0.05) is 6.42 Å². The fourth-order valence-corrected chi connectivity index (χ4v) is 3.01.